The van der Waals surface area contributed by atoms with E-state index in [1.165, 1.54) is 0 Å². The summed E-state index contributed by atoms with van der Waals surface area (Å²) in [5.74, 6) is -2.09. The molecule has 0 heterocycles. The van der Waals surface area contributed by atoms with Gasteiger partial charge in [-0.15, -0.1) is 0 Å². The van der Waals surface area contributed by atoms with Crippen molar-refractivity contribution in [3.63, 3.8) is 0 Å². The van der Waals surface area contributed by atoms with Crippen molar-refractivity contribution in [3.05, 3.63) is 70.8 Å². The van der Waals surface area contributed by atoms with Crippen LogP contribution in [0.1, 0.15) is 41.9 Å². The number of rotatable bonds is 4. The molecule has 1 N–H and O–H groups in total. The molecule has 2 atom stereocenters. The normalized spacial score (nSPS) is 19.6. The minimum Gasteiger partial charge on any atom is -0.445 e. The van der Waals surface area contributed by atoms with E-state index >= 15 is 0 Å². The third kappa shape index (κ3) is 4.70. The van der Waals surface area contributed by atoms with Crippen molar-refractivity contribution in [2.75, 3.05) is 0 Å². The fourth-order valence-corrected chi connectivity index (χ4v) is 3.51. The quantitative estimate of drug-likeness (QED) is 0.864. The van der Waals surface area contributed by atoms with Crippen molar-refractivity contribution in [2.45, 2.75) is 44.8 Å². The van der Waals surface area contributed by atoms with Crippen LogP contribution in [-0.4, -0.2) is 17.9 Å². The van der Waals surface area contributed by atoms with Crippen LogP contribution in [0.3, 0.4) is 0 Å². The second kappa shape index (κ2) is 8.29. The summed E-state index contributed by atoms with van der Waals surface area (Å²) in [6.45, 7) is 1.81. The van der Waals surface area contributed by atoms with E-state index in [0.717, 1.165) is 17.7 Å². The number of Topliss-reactive ketones (excluding diaryl/α,β-unsaturated/α-hetero) is 1. The van der Waals surface area contributed by atoms with Crippen LogP contribution < -0.4 is 5.32 Å². The minimum atomic E-state index is -0.932. The van der Waals surface area contributed by atoms with Gasteiger partial charge in [0, 0.05) is 24.8 Å². The number of hydrogen-bond acceptors (Lipinski definition) is 3. The molecule has 3 rings (SSSR count). The lowest BCUT2D eigenvalue weighted by atomic mass is 9.78. The number of hydrogen-bond donors (Lipinski definition) is 1. The highest BCUT2D eigenvalue weighted by Gasteiger charge is 2.33. The summed E-state index contributed by atoms with van der Waals surface area (Å²) >= 11 is 0. The lowest BCUT2D eigenvalue weighted by molar-refractivity contribution is -0.121. The highest BCUT2D eigenvalue weighted by atomic mass is 19.2. The fourth-order valence-electron chi connectivity index (χ4n) is 3.51. The third-order valence-corrected chi connectivity index (χ3v) is 4.89. The predicted molar refractivity (Wildman–Crippen MR) is 96.2 cm³/mol. The van der Waals surface area contributed by atoms with Gasteiger partial charge in [0.15, 0.2) is 11.6 Å². The van der Waals surface area contributed by atoms with Gasteiger partial charge in [0.05, 0.1) is 0 Å². The summed E-state index contributed by atoms with van der Waals surface area (Å²) in [7, 11) is 0. The lowest BCUT2D eigenvalue weighted by Crippen LogP contribution is -2.43. The van der Waals surface area contributed by atoms with Crippen molar-refractivity contribution in [2.24, 2.45) is 0 Å². The molecule has 1 saturated carbocycles. The van der Waals surface area contributed by atoms with Crippen LogP contribution in [0.25, 0.3) is 0 Å². The summed E-state index contributed by atoms with van der Waals surface area (Å²) in [5.41, 5.74) is 2.05. The molecule has 142 valence electrons. The van der Waals surface area contributed by atoms with Crippen LogP contribution in [-0.2, 0) is 16.1 Å². The van der Waals surface area contributed by atoms with Gasteiger partial charge in [0.25, 0.3) is 0 Å². The van der Waals surface area contributed by atoms with E-state index in [1.807, 2.05) is 30.3 Å². The van der Waals surface area contributed by atoms with E-state index in [9.17, 15) is 18.4 Å². The van der Waals surface area contributed by atoms with Gasteiger partial charge in [-0.1, -0.05) is 30.3 Å². The molecule has 0 bridgehead atoms. The highest BCUT2D eigenvalue weighted by molar-refractivity contribution is 5.81. The van der Waals surface area contributed by atoms with Gasteiger partial charge < -0.3 is 10.1 Å². The van der Waals surface area contributed by atoms with E-state index in [1.54, 1.807) is 6.92 Å². The predicted octanol–water partition coefficient (Wildman–Crippen LogP) is 4.40. The molecule has 6 heteroatoms. The molecule has 2 aromatic rings. The van der Waals surface area contributed by atoms with Gasteiger partial charge >= 0.3 is 6.09 Å². The minimum absolute atomic E-state index is 0.0276. The van der Waals surface area contributed by atoms with Gasteiger partial charge in [-0.2, -0.15) is 0 Å². The van der Waals surface area contributed by atoms with E-state index in [2.05, 4.69) is 5.32 Å². The molecule has 1 fully saturated rings. The molecule has 0 spiro atoms. The Morgan fingerprint density at radius 2 is 1.89 bits per heavy atom. The molecule has 1 amide bonds. The van der Waals surface area contributed by atoms with Gasteiger partial charge in [0.1, 0.15) is 12.4 Å². The molecule has 1 aliphatic rings. The largest absolute Gasteiger partial charge is 0.445 e. The number of alkyl carbamates (subject to hydrolysis) is 1. The third-order valence-electron chi connectivity index (χ3n) is 4.89. The zero-order valence-electron chi connectivity index (χ0n) is 15.0. The van der Waals surface area contributed by atoms with Crippen molar-refractivity contribution in [1.29, 1.82) is 0 Å². The average Bonchev–Trinajstić information content (AvgIpc) is 2.64. The van der Waals surface area contributed by atoms with Crippen molar-refractivity contribution in [1.82, 2.24) is 5.32 Å². The first kappa shape index (κ1) is 19.0. The number of nitrogens with one attached hydrogen (secondary N) is 1. The monoisotopic (exact) mass is 373 g/mol. The Labute approximate surface area is 156 Å². The highest BCUT2D eigenvalue weighted by Crippen LogP contribution is 2.34. The van der Waals surface area contributed by atoms with E-state index in [4.69, 9.17) is 4.74 Å². The molecule has 0 aliphatic heterocycles. The molecular weight excluding hydrogens is 352 g/mol. The number of benzene rings is 2. The molecule has 4 nitrogen and oxygen atoms in total. The van der Waals surface area contributed by atoms with Gasteiger partial charge in [-0.05, 0) is 42.2 Å². The number of ketones is 1. The van der Waals surface area contributed by atoms with Gasteiger partial charge in [-0.25, -0.2) is 13.6 Å². The lowest BCUT2D eigenvalue weighted by Gasteiger charge is -2.32. The fraction of sp³-hybridized carbons (Fsp3) is 0.333. The Morgan fingerprint density at radius 1 is 1.19 bits per heavy atom. The van der Waals surface area contributed by atoms with Crippen molar-refractivity contribution < 1.29 is 23.1 Å². The maximum Gasteiger partial charge on any atom is 0.407 e. The van der Waals surface area contributed by atoms with Crippen LogP contribution in [0, 0.1) is 18.6 Å². The second-order valence-corrected chi connectivity index (χ2v) is 6.82. The Balaban J connectivity index is 1.71. The van der Waals surface area contributed by atoms with Crippen molar-refractivity contribution in [3.8, 4) is 0 Å². The first-order valence-electron chi connectivity index (χ1n) is 8.88. The summed E-state index contributed by atoms with van der Waals surface area (Å²) < 4.78 is 32.4. The SMILES string of the molecule is Cc1cc(F)c(F)cc1[C@H]1CCC(=O)C[C@@H]1NC(=O)OCc1ccccc1. The van der Waals surface area contributed by atoms with Crippen LogP contribution in [0.2, 0.25) is 0 Å². The summed E-state index contributed by atoms with van der Waals surface area (Å²) in [5, 5.41) is 2.73. The molecule has 0 aromatic heterocycles. The number of ether oxygens (including phenoxy) is 1. The first-order chi connectivity index (χ1) is 12.9. The number of halogens is 2. The first-order valence-corrected chi connectivity index (χ1v) is 8.88. The maximum absolute atomic E-state index is 13.7. The Morgan fingerprint density at radius 3 is 2.63 bits per heavy atom. The van der Waals surface area contributed by atoms with Gasteiger partial charge in [0.2, 0.25) is 0 Å². The molecule has 0 unspecified atom stereocenters. The molecule has 0 radical (unpaired) electrons. The zero-order valence-corrected chi connectivity index (χ0v) is 15.0. The molecular formula is C21H21F2NO3. The Hall–Kier alpha value is -2.76. The number of amides is 1. The van der Waals surface area contributed by atoms with Gasteiger partial charge in [-0.3, -0.25) is 4.79 Å². The summed E-state index contributed by atoms with van der Waals surface area (Å²) in [6, 6.07) is 11.0. The second-order valence-electron chi connectivity index (χ2n) is 6.82. The van der Waals surface area contributed by atoms with Crippen molar-refractivity contribution >= 4 is 11.9 Å². The van der Waals surface area contributed by atoms with Crippen LogP contribution in [0.5, 0.6) is 0 Å². The summed E-state index contributed by atoms with van der Waals surface area (Å²) in [6.07, 6.45) is 0.321. The maximum atomic E-state index is 13.7. The topological polar surface area (TPSA) is 55.4 Å². The number of carbonyl (C=O) groups is 2. The van der Waals surface area contributed by atoms with Crippen LogP contribution >= 0.6 is 0 Å². The number of aryl methyl sites for hydroxylation is 1. The standard InChI is InChI=1S/C21H21F2NO3/c1-13-9-18(22)19(23)11-17(13)16-8-7-15(25)10-20(16)24-21(26)27-12-14-5-3-2-4-6-14/h2-6,9,11,16,20H,7-8,10,12H2,1H3,(H,24,26)/t16-,20+/m1/s1. The zero-order chi connectivity index (χ0) is 19.4. The van der Waals surface area contributed by atoms with E-state index in [0.29, 0.717) is 24.0 Å². The number of carbonyl (C=O) groups excluding carboxylic acids is 2. The average molecular weight is 373 g/mol. The smallest absolute Gasteiger partial charge is 0.407 e. The molecule has 27 heavy (non-hydrogen) atoms. The Bertz CT molecular complexity index is 839. The summed E-state index contributed by atoms with van der Waals surface area (Å²) in [4.78, 5) is 24.1. The molecule has 0 saturated heterocycles. The van der Waals surface area contributed by atoms with E-state index in [-0.39, 0.29) is 24.7 Å². The molecule has 1 aliphatic carbocycles. The molecule has 2 aromatic carbocycles. The van der Waals surface area contributed by atoms with Crippen LogP contribution in [0.4, 0.5) is 13.6 Å². The van der Waals surface area contributed by atoms with E-state index < -0.39 is 23.8 Å². The van der Waals surface area contributed by atoms with Crippen LogP contribution in [0.15, 0.2) is 42.5 Å². The Kier molecular flexibility index (Phi) is 5.84.